The molecule has 22 heavy (non-hydrogen) atoms. The second kappa shape index (κ2) is 4.29. The molecular weight excluding hydrogens is 272 g/mol. The Morgan fingerprint density at radius 1 is 1.00 bits per heavy atom. The summed E-state index contributed by atoms with van der Waals surface area (Å²) in [6.07, 6.45) is 6.48. The number of fused-ring (bicyclic) bond motifs is 5. The smallest absolute Gasteiger partial charge is 0.115 e. The maximum atomic E-state index is 10.6. The molecule has 120 valence electrons. The Morgan fingerprint density at radius 3 is 2.55 bits per heavy atom. The van der Waals surface area contributed by atoms with Gasteiger partial charge in [0, 0.05) is 0 Å². The first kappa shape index (κ1) is 14.6. The molecule has 0 amide bonds. The lowest BCUT2D eigenvalue weighted by Gasteiger charge is -2.61. The van der Waals surface area contributed by atoms with Gasteiger partial charge in [-0.1, -0.05) is 26.8 Å². The fraction of sp³-hybridized carbons (Fsp3) is 0.700. The molecule has 0 bridgehead atoms. The number of phenols is 1. The fourth-order valence-electron chi connectivity index (χ4n) is 6.45. The Kier molecular flexibility index (Phi) is 2.84. The number of benzene rings is 1. The van der Waals surface area contributed by atoms with Gasteiger partial charge in [0.05, 0.1) is 6.10 Å². The highest BCUT2D eigenvalue weighted by Crippen LogP contribution is 2.69. The fourth-order valence-corrected chi connectivity index (χ4v) is 6.45. The molecule has 2 nitrogen and oxygen atoms in total. The standard InChI is InChI=1S/C20H28O2/c1-18-10-11-20(3)17(22)8-9-19(20,2)16(18)7-4-13-12-14(21)5-6-15(13)18/h5-6,12,16-17,21-22H,4,7-11H2,1-3H3/t16?,17-,18-,19-,20+/m0/s1. The van der Waals surface area contributed by atoms with Crippen LogP contribution >= 0.6 is 0 Å². The Labute approximate surface area is 133 Å². The van der Waals surface area contributed by atoms with E-state index in [-0.39, 0.29) is 22.3 Å². The predicted octanol–water partition coefficient (Wildman–Crippen LogP) is 4.17. The second-order valence-electron chi connectivity index (χ2n) is 8.74. The maximum Gasteiger partial charge on any atom is 0.115 e. The summed E-state index contributed by atoms with van der Waals surface area (Å²) in [5.41, 5.74) is 3.29. The summed E-state index contributed by atoms with van der Waals surface area (Å²) in [4.78, 5) is 0. The van der Waals surface area contributed by atoms with Crippen LogP contribution in [0.25, 0.3) is 0 Å². The van der Waals surface area contributed by atoms with Gasteiger partial charge in [0.25, 0.3) is 0 Å². The number of aliphatic hydroxyl groups is 1. The highest BCUT2D eigenvalue weighted by atomic mass is 16.3. The molecule has 0 aromatic heterocycles. The second-order valence-corrected chi connectivity index (χ2v) is 8.74. The maximum absolute atomic E-state index is 10.6. The molecule has 4 rings (SSSR count). The van der Waals surface area contributed by atoms with Gasteiger partial charge in [0.2, 0.25) is 0 Å². The lowest BCUT2D eigenvalue weighted by molar-refractivity contribution is -0.107. The van der Waals surface area contributed by atoms with E-state index < -0.39 is 0 Å². The summed E-state index contributed by atoms with van der Waals surface area (Å²) in [7, 11) is 0. The summed E-state index contributed by atoms with van der Waals surface area (Å²) in [5.74, 6) is 1.02. The third-order valence-electron chi connectivity index (χ3n) is 8.09. The molecule has 1 aromatic rings. The summed E-state index contributed by atoms with van der Waals surface area (Å²) in [5, 5.41) is 20.4. The van der Waals surface area contributed by atoms with E-state index in [1.54, 1.807) is 0 Å². The first-order chi connectivity index (χ1) is 10.3. The minimum Gasteiger partial charge on any atom is -0.508 e. The highest BCUT2D eigenvalue weighted by Gasteiger charge is 2.64. The van der Waals surface area contributed by atoms with E-state index in [0.717, 1.165) is 32.1 Å². The minimum absolute atomic E-state index is 0.0750. The van der Waals surface area contributed by atoms with Crippen molar-refractivity contribution in [2.75, 3.05) is 0 Å². The third kappa shape index (κ3) is 1.55. The average molecular weight is 300 g/mol. The molecule has 2 N–H and O–H groups in total. The highest BCUT2D eigenvalue weighted by molar-refractivity contribution is 5.43. The molecule has 2 fully saturated rings. The van der Waals surface area contributed by atoms with E-state index in [1.807, 2.05) is 12.1 Å². The SMILES string of the molecule is C[C@@]12CC[C@]3(C)[C@@H](O)CC[C@@]3(C)C1CCc1cc(O)ccc12. The summed E-state index contributed by atoms with van der Waals surface area (Å²) < 4.78 is 0. The number of phenolic OH excluding ortho intramolecular Hbond substituents is 1. The molecule has 2 saturated carbocycles. The van der Waals surface area contributed by atoms with Crippen molar-refractivity contribution >= 4 is 0 Å². The normalized spacial score (nSPS) is 46.7. The van der Waals surface area contributed by atoms with Gasteiger partial charge in [-0.3, -0.25) is 0 Å². The Morgan fingerprint density at radius 2 is 1.77 bits per heavy atom. The van der Waals surface area contributed by atoms with Gasteiger partial charge >= 0.3 is 0 Å². The van der Waals surface area contributed by atoms with Crippen molar-refractivity contribution in [1.29, 1.82) is 0 Å². The quantitative estimate of drug-likeness (QED) is 0.755. The van der Waals surface area contributed by atoms with Crippen molar-refractivity contribution in [1.82, 2.24) is 0 Å². The van der Waals surface area contributed by atoms with Crippen LogP contribution in [0.5, 0.6) is 5.75 Å². The van der Waals surface area contributed by atoms with Crippen molar-refractivity contribution in [2.24, 2.45) is 16.7 Å². The van der Waals surface area contributed by atoms with E-state index in [1.165, 1.54) is 17.5 Å². The van der Waals surface area contributed by atoms with Gasteiger partial charge in [-0.15, -0.1) is 0 Å². The number of hydrogen-bond donors (Lipinski definition) is 2. The molecule has 0 spiro atoms. The first-order valence-corrected chi connectivity index (χ1v) is 8.82. The number of aliphatic hydroxyl groups excluding tert-OH is 1. The van der Waals surface area contributed by atoms with Crippen molar-refractivity contribution in [2.45, 2.75) is 70.8 Å². The van der Waals surface area contributed by atoms with Crippen LogP contribution in [-0.2, 0) is 11.8 Å². The van der Waals surface area contributed by atoms with E-state index in [0.29, 0.717) is 11.7 Å². The molecule has 1 unspecified atom stereocenters. The van der Waals surface area contributed by atoms with Crippen molar-refractivity contribution < 1.29 is 10.2 Å². The van der Waals surface area contributed by atoms with Crippen LogP contribution < -0.4 is 0 Å². The van der Waals surface area contributed by atoms with Crippen LogP contribution in [0.1, 0.15) is 64.0 Å². The van der Waals surface area contributed by atoms with Gasteiger partial charge in [-0.05, 0) is 83.9 Å². The molecule has 3 aliphatic carbocycles. The lowest BCUT2D eigenvalue weighted by Crippen LogP contribution is -2.57. The van der Waals surface area contributed by atoms with Crippen molar-refractivity contribution in [3.05, 3.63) is 29.3 Å². The van der Waals surface area contributed by atoms with Crippen LogP contribution in [-0.4, -0.2) is 16.3 Å². The predicted molar refractivity (Wildman–Crippen MR) is 88.0 cm³/mol. The first-order valence-electron chi connectivity index (χ1n) is 8.82. The Bertz CT molecular complexity index is 624. The van der Waals surface area contributed by atoms with E-state index >= 15 is 0 Å². The monoisotopic (exact) mass is 300 g/mol. The van der Waals surface area contributed by atoms with Crippen LogP contribution in [0.15, 0.2) is 18.2 Å². The zero-order chi connectivity index (χ0) is 15.8. The Hall–Kier alpha value is -1.02. The number of hydrogen-bond acceptors (Lipinski definition) is 2. The van der Waals surface area contributed by atoms with Crippen molar-refractivity contribution in [3.63, 3.8) is 0 Å². The van der Waals surface area contributed by atoms with Gasteiger partial charge in [-0.25, -0.2) is 0 Å². The number of rotatable bonds is 0. The number of aromatic hydroxyl groups is 1. The molecule has 0 saturated heterocycles. The summed E-state index contributed by atoms with van der Waals surface area (Å²) in [6, 6.07) is 5.98. The topological polar surface area (TPSA) is 40.5 Å². The average Bonchev–Trinajstić information content (AvgIpc) is 2.71. The third-order valence-corrected chi connectivity index (χ3v) is 8.09. The summed E-state index contributed by atoms with van der Waals surface area (Å²) >= 11 is 0. The molecule has 0 radical (unpaired) electrons. The minimum atomic E-state index is -0.136. The zero-order valence-electron chi connectivity index (χ0n) is 14.0. The van der Waals surface area contributed by atoms with Gasteiger partial charge in [0.15, 0.2) is 0 Å². The molecule has 3 aliphatic rings. The zero-order valence-corrected chi connectivity index (χ0v) is 14.0. The molecule has 0 aliphatic heterocycles. The van der Waals surface area contributed by atoms with E-state index in [4.69, 9.17) is 0 Å². The van der Waals surface area contributed by atoms with Gasteiger partial charge in [-0.2, -0.15) is 0 Å². The lowest BCUT2D eigenvalue weighted by atomic mass is 9.43. The summed E-state index contributed by atoms with van der Waals surface area (Å²) in [6.45, 7) is 7.20. The van der Waals surface area contributed by atoms with Crippen LogP contribution in [0.2, 0.25) is 0 Å². The van der Waals surface area contributed by atoms with Gasteiger partial charge < -0.3 is 10.2 Å². The van der Waals surface area contributed by atoms with E-state index in [9.17, 15) is 10.2 Å². The Balaban J connectivity index is 1.84. The molecule has 0 heterocycles. The van der Waals surface area contributed by atoms with Crippen LogP contribution in [0, 0.1) is 16.7 Å². The largest absolute Gasteiger partial charge is 0.508 e. The molecule has 2 heteroatoms. The molecular formula is C20H28O2. The molecule has 5 atom stereocenters. The number of aryl methyl sites for hydroxylation is 1. The molecule has 1 aromatic carbocycles. The van der Waals surface area contributed by atoms with E-state index in [2.05, 4.69) is 26.8 Å². The van der Waals surface area contributed by atoms with Crippen molar-refractivity contribution in [3.8, 4) is 5.75 Å². The van der Waals surface area contributed by atoms with Crippen LogP contribution in [0.3, 0.4) is 0 Å². The van der Waals surface area contributed by atoms with Gasteiger partial charge in [0.1, 0.15) is 5.75 Å². The van der Waals surface area contributed by atoms with Crippen LogP contribution in [0.4, 0.5) is 0 Å².